The number of esters is 1. The Morgan fingerprint density at radius 1 is 1.64 bits per heavy atom. The van der Waals surface area contributed by atoms with Gasteiger partial charge in [-0.05, 0) is 12.1 Å². The Hall–Kier alpha value is -1.42. The maximum Gasteiger partial charge on any atom is 0.334 e. The third-order valence-electron chi connectivity index (χ3n) is 1.94. The number of pyridine rings is 1. The van der Waals surface area contributed by atoms with Crippen molar-refractivity contribution >= 4 is 23.6 Å². The third kappa shape index (κ3) is 1.37. The van der Waals surface area contributed by atoms with E-state index in [-0.39, 0.29) is 0 Å². The Balaban J connectivity index is 2.54. The molecule has 0 unspecified atom stereocenters. The zero-order chi connectivity index (χ0) is 10.1. The van der Waals surface area contributed by atoms with E-state index in [1.807, 2.05) is 0 Å². The van der Waals surface area contributed by atoms with E-state index < -0.39 is 12.0 Å². The Bertz CT molecular complexity index is 498. The first kappa shape index (κ1) is 9.15. The summed E-state index contributed by atoms with van der Waals surface area (Å²) in [6.07, 6.45) is 3.20. The summed E-state index contributed by atoms with van der Waals surface area (Å²) in [5, 5.41) is 1.25. The predicted molar refractivity (Wildman–Crippen MR) is 50.3 cm³/mol. The van der Waals surface area contributed by atoms with E-state index in [4.69, 9.17) is 11.6 Å². The molecule has 14 heavy (non-hydrogen) atoms. The van der Waals surface area contributed by atoms with Gasteiger partial charge in [-0.15, -0.1) is 0 Å². The number of carbonyl (C=O) groups excluding carboxylic acids is 1. The quantitative estimate of drug-likeness (QED) is 0.598. The van der Waals surface area contributed by atoms with Crippen LogP contribution in [0.15, 0.2) is 17.3 Å². The fourth-order valence-electron chi connectivity index (χ4n) is 1.26. The van der Waals surface area contributed by atoms with Crippen LogP contribution in [-0.4, -0.2) is 24.1 Å². The minimum atomic E-state index is -0.609. The fraction of sp³-hybridized carbons (Fsp3) is 0.222. The number of nitrogens with zero attached hydrogens (tertiary/aromatic N) is 2. The molecule has 0 radical (unpaired) electrons. The molecule has 72 valence electrons. The number of hydrogen-bond acceptors (Lipinski definition) is 4. The van der Waals surface area contributed by atoms with Gasteiger partial charge in [0, 0.05) is 11.4 Å². The molecule has 1 atom stereocenters. The van der Waals surface area contributed by atoms with Gasteiger partial charge in [-0.3, -0.25) is 0 Å². The Kier molecular flexibility index (Phi) is 2.21. The summed E-state index contributed by atoms with van der Waals surface area (Å²) in [4.78, 5) is 19.2. The average molecular weight is 211 g/mol. The smallest absolute Gasteiger partial charge is 0.334 e. The van der Waals surface area contributed by atoms with Crippen molar-refractivity contribution in [3.63, 3.8) is 0 Å². The van der Waals surface area contributed by atoms with Crippen LogP contribution in [0.1, 0.15) is 0 Å². The molecular weight excluding hydrogens is 204 g/mol. The van der Waals surface area contributed by atoms with E-state index in [2.05, 4.69) is 14.7 Å². The van der Waals surface area contributed by atoms with Crippen molar-refractivity contribution < 1.29 is 9.53 Å². The monoisotopic (exact) mass is 210 g/mol. The number of fused-ring (bicyclic) bond motifs is 1. The molecule has 1 aliphatic heterocycles. The van der Waals surface area contributed by atoms with Crippen LogP contribution >= 0.6 is 11.6 Å². The van der Waals surface area contributed by atoms with E-state index in [0.29, 0.717) is 15.7 Å². The summed E-state index contributed by atoms with van der Waals surface area (Å²) in [6, 6.07) is 1.05. The standard InChI is InChI=1S/C9H7ClN2O2/c1-14-9(13)7-4-5-6(10)2-3-11-8(5)12-7/h2-4,7H,1H3/t7-/m1/s1. The highest BCUT2D eigenvalue weighted by Crippen LogP contribution is 2.02. The summed E-state index contributed by atoms with van der Waals surface area (Å²) in [5.41, 5.74) is 0.493. The highest BCUT2D eigenvalue weighted by Gasteiger charge is 2.19. The minimum absolute atomic E-state index is 0.404. The number of rotatable bonds is 1. The van der Waals surface area contributed by atoms with Crippen molar-refractivity contribution in [1.82, 2.24) is 4.98 Å². The van der Waals surface area contributed by atoms with Crippen LogP contribution in [0.5, 0.6) is 0 Å². The van der Waals surface area contributed by atoms with Gasteiger partial charge in [0.2, 0.25) is 0 Å². The summed E-state index contributed by atoms with van der Waals surface area (Å²) in [5.74, 6) is -0.404. The van der Waals surface area contributed by atoms with Crippen LogP contribution in [0.4, 0.5) is 0 Å². The second-order valence-electron chi connectivity index (χ2n) is 2.79. The predicted octanol–water partition coefficient (Wildman–Crippen LogP) is -0.310. The molecule has 0 saturated carbocycles. The van der Waals surface area contributed by atoms with Gasteiger partial charge in [0.05, 0.1) is 12.1 Å². The minimum Gasteiger partial charge on any atom is -0.467 e. The molecule has 0 spiro atoms. The molecule has 0 N–H and O–H groups in total. The number of hydrogen-bond donors (Lipinski definition) is 0. The summed E-state index contributed by atoms with van der Waals surface area (Å²) in [7, 11) is 1.32. The zero-order valence-electron chi connectivity index (χ0n) is 7.40. The molecule has 5 heteroatoms. The van der Waals surface area contributed by atoms with E-state index in [9.17, 15) is 4.79 Å². The Morgan fingerprint density at radius 3 is 3.07 bits per heavy atom. The van der Waals surface area contributed by atoms with Crippen LogP contribution in [0.25, 0.3) is 6.08 Å². The van der Waals surface area contributed by atoms with E-state index in [1.54, 1.807) is 18.3 Å². The van der Waals surface area contributed by atoms with Crippen LogP contribution in [0.2, 0.25) is 5.02 Å². The van der Waals surface area contributed by atoms with Gasteiger partial charge in [-0.2, -0.15) is 0 Å². The molecule has 4 nitrogen and oxygen atoms in total. The molecule has 2 rings (SSSR count). The van der Waals surface area contributed by atoms with Gasteiger partial charge in [0.1, 0.15) is 0 Å². The molecule has 0 saturated heterocycles. The lowest BCUT2D eigenvalue weighted by Crippen LogP contribution is -2.25. The lowest BCUT2D eigenvalue weighted by molar-refractivity contribution is -0.140. The summed E-state index contributed by atoms with van der Waals surface area (Å²) >= 11 is 5.90. The molecule has 0 aliphatic carbocycles. The number of aromatic nitrogens is 1. The maximum atomic E-state index is 11.2. The second kappa shape index (κ2) is 3.38. The molecule has 1 aliphatic rings. The topological polar surface area (TPSA) is 51.5 Å². The molecular formula is C9H7ClN2O2. The van der Waals surface area contributed by atoms with Crippen LogP contribution < -0.4 is 10.7 Å². The van der Waals surface area contributed by atoms with Gasteiger partial charge in [0.25, 0.3) is 0 Å². The number of halogens is 1. The molecule has 0 amide bonds. The van der Waals surface area contributed by atoms with Gasteiger partial charge in [-0.25, -0.2) is 14.8 Å². The second-order valence-corrected chi connectivity index (χ2v) is 3.20. The van der Waals surface area contributed by atoms with Crippen LogP contribution in [-0.2, 0) is 9.53 Å². The summed E-state index contributed by atoms with van der Waals surface area (Å²) < 4.78 is 4.57. The third-order valence-corrected chi connectivity index (χ3v) is 2.27. The van der Waals surface area contributed by atoms with Gasteiger partial charge in [0.15, 0.2) is 11.5 Å². The highest BCUT2D eigenvalue weighted by molar-refractivity contribution is 6.30. The fourth-order valence-corrected chi connectivity index (χ4v) is 1.47. The normalized spacial score (nSPS) is 18.0. The molecule has 1 aromatic rings. The van der Waals surface area contributed by atoms with Gasteiger partial charge in [-0.1, -0.05) is 11.6 Å². The van der Waals surface area contributed by atoms with Crippen LogP contribution in [0, 0.1) is 0 Å². The molecule has 0 fully saturated rings. The van der Waals surface area contributed by atoms with E-state index in [0.717, 1.165) is 0 Å². The zero-order valence-corrected chi connectivity index (χ0v) is 8.15. The summed E-state index contributed by atoms with van der Waals surface area (Å²) in [6.45, 7) is 0. The average Bonchev–Trinajstić information content (AvgIpc) is 2.62. The van der Waals surface area contributed by atoms with Crippen molar-refractivity contribution in [3.8, 4) is 0 Å². The highest BCUT2D eigenvalue weighted by atomic mass is 35.5. The molecule has 0 aromatic carbocycles. The largest absolute Gasteiger partial charge is 0.467 e. The Morgan fingerprint density at radius 2 is 2.43 bits per heavy atom. The lowest BCUT2D eigenvalue weighted by atomic mass is 10.3. The first-order valence-electron chi connectivity index (χ1n) is 4.00. The lowest BCUT2D eigenvalue weighted by Gasteiger charge is -1.99. The van der Waals surface area contributed by atoms with Crippen molar-refractivity contribution in [2.45, 2.75) is 6.04 Å². The molecule has 0 bridgehead atoms. The van der Waals surface area contributed by atoms with E-state index in [1.165, 1.54) is 7.11 Å². The maximum absolute atomic E-state index is 11.2. The number of carbonyl (C=O) groups is 1. The first-order chi connectivity index (χ1) is 6.72. The number of ether oxygens (including phenoxy) is 1. The van der Waals surface area contributed by atoms with Crippen molar-refractivity contribution in [3.05, 3.63) is 28.0 Å². The van der Waals surface area contributed by atoms with Gasteiger partial charge < -0.3 is 4.74 Å². The molecule has 2 heterocycles. The molecule has 1 aromatic heterocycles. The van der Waals surface area contributed by atoms with Crippen LogP contribution in [0.3, 0.4) is 0 Å². The van der Waals surface area contributed by atoms with Crippen molar-refractivity contribution in [2.75, 3.05) is 7.11 Å². The van der Waals surface area contributed by atoms with Crippen molar-refractivity contribution in [1.29, 1.82) is 0 Å². The first-order valence-corrected chi connectivity index (χ1v) is 4.38. The van der Waals surface area contributed by atoms with Gasteiger partial charge >= 0.3 is 5.97 Å². The van der Waals surface area contributed by atoms with E-state index >= 15 is 0 Å². The SMILES string of the molecule is COC(=O)[C@H]1C=c2c(Cl)ccnc2=N1. The number of methoxy groups -OCH3 is 1. The Labute approximate surface area is 84.9 Å². The van der Waals surface area contributed by atoms with Crippen molar-refractivity contribution in [2.24, 2.45) is 4.99 Å².